The van der Waals surface area contributed by atoms with Gasteiger partial charge in [0.05, 0.1) is 4.90 Å². The number of nitrogens with zero attached hydrogens (tertiary/aromatic N) is 3. The highest BCUT2D eigenvalue weighted by molar-refractivity contribution is 7.90. The van der Waals surface area contributed by atoms with Crippen LogP contribution < -0.4 is 4.90 Å². The molecule has 0 aliphatic heterocycles. The second-order valence-electron chi connectivity index (χ2n) is 6.94. The van der Waals surface area contributed by atoms with Crippen molar-refractivity contribution < 1.29 is 8.42 Å². The molecule has 0 saturated carbocycles. The van der Waals surface area contributed by atoms with Crippen molar-refractivity contribution in [2.24, 2.45) is 0 Å². The molecule has 0 spiro atoms. The van der Waals surface area contributed by atoms with E-state index in [0.29, 0.717) is 5.92 Å². The molecule has 6 heteroatoms. The van der Waals surface area contributed by atoms with Crippen LogP contribution in [0.4, 0.5) is 5.82 Å². The average molecular weight is 362 g/mol. The Morgan fingerprint density at radius 2 is 1.80 bits per heavy atom. The zero-order valence-corrected chi connectivity index (χ0v) is 16.4. The fourth-order valence-electron chi connectivity index (χ4n) is 2.54. The number of aromatic nitrogens is 2. The zero-order valence-electron chi connectivity index (χ0n) is 15.6. The van der Waals surface area contributed by atoms with Crippen LogP contribution in [0.2, 0.25) is 0 Å². The van der Waals surface area contributed by atoms with Gasteiger partial charge in [0.2, 0.25) is 0 Å². The van der Waals surface area contributed by atoms with Crippen LogP contribution in [0.25, 0.3) is 0 Å². The maximum atomic E-state index is 11.7. The number of hydrogen-bond donors (Lipinski definition) is 0. The second-order valence-corrected chi connectivity index (χ2v) is 8.96. The Morgan fingerprint density at radius 1 is 1.08 bits per heavy atom. The SMILES string of the molecule is CC(C)c1ccc(N(C)CCC(C)c2cncc(S(C)(=O)=O)c2)nc1. The van der Waals surface area contributed by atoms with Crippen molar-refractivity contribution in [1.82, 2.24) is 9.97 Å². The maximum absolute atomic E-state index is 11.7. The Morgan fingerprint density at radius 3 is 2.36 bits per heavy atom. The summed E-state index contributed by atoms with van der Waals surface area (Å²) in [6, 6.07) is 5.89. The van der Waals surface area contributed by atoms with E-state index in [4.69, 9.17) is 0 Å². The lowest BCUT2D eigenvalue weighted by molar-refractivity contribution is 0.600. The Balaban J connectivity index is 2.00. The number of sulfone groups is 1. The molecule has 0 radical (unpaired) electrons. The van der Waals surface area contributed by atoms with E-state index in [1.165, 1.54) is 18.0 Å². The molecule has 25 heavy (non-hydrogen) atoms. The van der Waals surface area contributed by atoms with Gasteiger partial charge in [0, 0.05) is 38.4 Å². The normalized spacial score (nSPS) is 13.0. The van der Waals surface area contributed by atoms with Crippen LogP contribution in [0.1, 0.15) is 50.2 Å². The van der Waals surface area contributed by atoms with Crippen LogP contribution in [-0.2, 0) is 9.84 Å². The third-order valence-electron chi connectivity index (χ3n) is 4.46. The molecule has 0 saturated heterocycles. The summed E-state index contributed by atoms with van der Waals surface area (Å²) in [6.07, 6.45) is 7.17. The highest BCUT2D eigenvalue weighted by Crippen LogP contribution is 2.22. The molecule has 1 atom stereocenters. The van der Waals surface area contributed by atoms with Crippen molar-refractivity contribution >= 4 is 15.7 Å². The smallest absolute Gasteiger partial charge is 0.177 e. The Kier molecular flexibility index (Phi) is 6.16. The number of pyridine rings is 2. The Hall–Kier alpha value is -1.95. The molecule has 0 fully saturated rings. The van der Waals surface area contributed by atoms with Crippen LogP contribution in [0.3, 0.4) is 0 Å². The van der Waals surface area contributed by atoms with E-state index < -0.39 is 9.84 Å². The van der Waals surface area contributed by atoms with E-state index in [1.54, 1.807) is 12.3 Å². The molecule has 136 valence electrons. The first-order valence-electron chi connectivity index (χ1n) is 8.50. The van der Waals surface area contributed by atoms with E-state index >= 15 is 0 Å². The summed E-state index contributed by atoms with van der Waals surface area (Å²) in [4.78, 5) is 11.0. The lowest BCUT2D eigenvalue weighted by Gasteiger charge is -2.21. The summed E-state index contributed by atoms with van der Waals surface area (Å²) < 4.78 is 23.4. The van der Waals surface area contributed by atoms with Gasteiger partial charge in [0.25, 0.3) is 0 Å². The van der Waals surface area contributed by atoms with Crippen LogP contribution in [0, 0.1) is 0 Å². The van der Waals surface area contributed by atoms with Gasteiger partial charge in [-0.05, 0) is 41.5 Å². The number of anilines is 1. The first kappa shape index (κ1) is 19.4. The highest BCUT2D eigenvalue weighted by atomic mass is 32.2. The molecule has 0 aromatic carbocycles. The fourth-order valence-corrected chi connectivity index (χ4v) is 3.14. The summed E-state index contributed by atoms with van der Waals surface area (Å²) >= 11 is 0. The van der Waals surface area contributed by atoms with Crippen LogP contribution in [0.15, 0.2) is 41.7 Å². The van der Waals surface area contributed by atoms with Crippen LogP contribution in [-0.4, -0.2) is 38.2 Å². The molecule has 5 nitrogen and oxygen atoms in total. The maximum Gasteiger partial charge on any atom is 0.177 e. The van der Waals surface area contributed by atoms with Crippen molar-refractivity contribution in [2.75, 3.05) is 24.7 Å². The van der Waals surface area contributed by atoms with Gasteiger partial charge >= 0.3 is 0 Å². The van der Waals surface area contributed by atoms with Crippen LogP contribution >= 0.6 is 0 Å². The highest BCUT2D eigenvalue weighted by Gasteiger charge is 2.13. The quantitative estimate of drug-likeness (QED) is 0.753. The molecular weight excluding hydrogens is 334 g/mol. The molecule has 2 aromatic rings. The molecule has 2 rings (SSSR count). The minimum Gasteiger partial charge on any atom is -0.360 e. The average Bonchev–Trinajstić information content (AvgIpc) is 2.58. The Labute approximate surface area is 151 Å². The number of hydrogen-bond acceptors (Lipinski definition) is 5. The molecule has 2 aromatic heterocycles. The van der Waals surface area contributed by atoms with E-state index in [0.717, 1.165) is 24.3 Å². The van der Waals surface area contributed by atoms with Gasteiger partial charge in [-0.2, -0.15) is 0 Å². The third kappa shape index (κ3) is 5.26. The lowest BCUT2D eigenvalue weighted by atomic mass is 9.99. The molecule has 0 aliphatic carbocycles. The largest absolute Gasteiger partial charge is 0.360 e. The third-order valence-corrected chi connectivity index (χ3v) is 5.54. The van der Waals surface area contributed by atoms with E-state index in [9.17, 15) is 8.42 Å². The Bertz CT molecular complexity index is 802. The van der Waals surface area contributed by atoms with Crippen LogP contribution in [0.5, 0.6) is 0 Å². The van der Waals surface area contributed by atoms with Crippen molar-refractivity contribution in [1.29, 1.82) is 0 Å². The zero-order chi connectivity index (χ0) is 18.6. The van der Waals surface area contributed by atoms with Gasteiger partial charge in [0.1, 0.15) is 5.82 Å². The summed E-state index contributed by atoms with van der Waals surface area (Å²) in [7, 11) is -1.20. The van der Waals surface area contributed by atoms with E-state index in [2.05, 4.69) is 41.7 Å². The second kappa shape index (κ2) is 7.95. The first-order chi connectivity index (χ1) is 11.7. The van der Waals surface area contributed by atoms with Gasteiger partial charge < -0.3 is 4.90 Å². The summed E-state index contributed by atoms with van der Waals surface area (Å²) in [5.41, 5.74) is 2.17. The molecular formula is C19H27N3O2S. The van der Waals surface area contributed by atoms with Gasteiger partial charge in [-0.1, -0.05) is 26.8 Å². The molecule has 1 unspecified atom stereocenters. The first-order valence-corrected chi connectivity index (χ1v) is 10.4. The van der Waals surface area contributed by atoms with Gasteiger partial charge in [-0.25, -0.2) is 13.4 Å². The van der Waals surface area contributed by atoms with Crippen molar-refractivity contribution in [3.05, 3.63) is 47.9 Å². The van der Waals surface area contributed by atoms with Crippen molar-refractivity contribution in [2.45, 2.75) is 43.9 Å². The fraction of sp³-hybridized carbons (Fsp3) is 0.474. The molecule has 0 amide bonds. The minimum atomic E-state index is -3.23. The topological polar surface area (TPSA) is 63.2 Å². The molecule has 0 N–H and O–H groups in total. The van der Waals surface area contributed by atoms with Gasteiger partial charge in [0.15, 0.2) is 9.84 Å². The molecule has 0 bridgehead atoms. The summed E-state index contributed by atoms with van der Waals surface area (Å²) in [6.45, 7) is 7.23. The predicted molar refractivity (Wildman–Crippen MR) is 102 cm³/mol. The number of rotatable bonds is 7. The monoisotopic (exact) mass is 361 g/mol. The standard InChI is InChI=1S/C19H27N3O2S/c1-14(2)16-6-7-19(21-12-16)22(4)9-8-15(3)17-10-18(13-20-11-17)25(5,23)24/h6-7,10-15H,8-9H2,1-5H3. The van der Waals surface area contributed by atoms with Crippen molar-refractivity contribution in [3.63, 3.8) is 0 Å². The summed E-state index contributed by atoms with van der Waals surface area (Å²) in [5, 5.41) is 0. The van der Waals surface area contributed by atoms with Crippen molar-refractivity contribution in [3.8, 4) is 0 Å². The summed E-state index contributed by atoms with van der Waals surface area (Å²) in [5.74, 6) is 1.63. The minimum absolute atomic E-state index is 0.214. The van der Waals surface area contributed by atoms with Gasteiger partial charge in [-0.15, -0.1) is 0 Å². The molecule has 0 aliphatic rings. The van der Waals surface area contributed by atoms with E-state index in [1.807, 2.05) is 19.3 Å². The van der Waals surface area contributed by atoms with E-state index in [-0.39, 0.29) is 10.8 Å². The lowest BCUT2D eigenvalue weighted by Crippen LogP contribution is -2.21. The van der Waals surface area contributed by atoms with Gasteiger partial charge in [-0.3, -0.25) is 4.98 Å². The molecule has 2 heterocycles. The predicted octanol–water partition coefficient (Wildman–Crippen LogP) is 3.63.